The van der Waals surface area contributed by atoms with Gasteiger partial charge in [0.2, 0.25) is 5.91 Å². The third kappa shape index (κ3) is 3.04. The number of nitrogens with zero attached hydrogens (tertiary/aromatic N) is 3. The first-order valence-corrected chi connectivity index (χ1v) is 9.38. The van der Waals surface area contributed by atoms with Gasteiger partial charge in [-0.1, -0.05) is 30.2 Å². The van der Waals surface area contributed by atoms with Crippen molar-refractivity contribution in [2.24, 2.45) is 0 Å². The number of hydrogen-bond acceptors (Lipinski definition) is 3. The molecule has 25 heavy (non-hydrogen) atoms. The van der Waals surface area contributed by atoms with Gasteiger partial charge in [-0.2, -0.15) is 0 Å². The SMILES string of the molecule is O=C(N1CCC(c2ccncn2)CC1)C1(c2ccc(Cl)cc2)CCC1. The fourth-order valence-electron chi connectivity index (χ4n) is 4.15. The molecule has 1 amide bonds. The topological polar surface area (TPSA) is 46.1 Å². The number of amides is 1. The molecular formula is C20H22ClN3O. The first-order chi connectivity index (χ1) is 12.2. The summed E-state index contributed by atoms with van der Waals surface area (Å²) in [6.07, 6.45) is 8.35. The largest absolute Gasteiger partial charge is 0.342 e. The van der Waals surface area contributed by atoms with Gasteiger partial charge < -0.3 is 4.90 Å². The predicted molar refractivity (Wildman–Crippen MR) is 97.6 cm³/mol. The van der Waals surface area contributed by atoms with E-state index in [1.165, 1.54) is 0 Å². The Kier molecular flexibility index (Phi) is 4.46. The summed E-state index contributed by atoms with van der Waals surface area (Å²) in [5, 5.41) is 0.719. The quantitative estimate of drug-likeness (QED) is 0.837. The number of piperidine rings is 1. The minimum Gasteiger partial charge on any atom is -0.342 e. The van der Waals surface area contributed by atoms with Crippen LogP contribution >= 0.6 is 11.6 Å². The van der Waals surface area contributed by atoms with E-state index in [1.54, 1.807) is 12.5 Å². The van der Waals surface area contributed by atoms with Crippen molar-refractivity contribution in [1.82, 2.24) is 14.9 Å². The minimum atomic E-state index is -0.327. The lowest BCUT2D eigenvalue weighted by molar-refractivity contribution is -0.142. The Morgan fingerprint density at radius 3 is 2.40 bits per heavy atom. The zero-order chi connectivity index (χ0) is 17.3. The van der Waals surface area contributed by atoms with Gasteiger partial charge in [-0.3, -0.25) is 4.79 Å². The normalized spacial score (nSPS) is 20.1. The van der Waals surface area contributed by atoms with Crippen LogP contribution in [-0.2, 0) is 10.2 Å². The highest BCUT2D eigenvalue weighted by molar-refractivity contribution is 6.30. The first-order valence-electron chi connectivity index (χ1n) is 9.00. The second-order valence-corrected chi connectivity index (χ2v) is 7.58. The molecule has 0 N–H and O–H groups in total. The van der Waals surface area contributed by atoms with E-state index in [0.717, 1.165) is 61.5 Å². The molecule has 2 fully saturated rings. The summed E-state index contributed by atoms with van der Waals surface area (Å²) < 4.78 is 0. The third-order valence-corrected chi connectivity index (χ3v) is 6.07. The van der Waals surface area contributed by atoms with E-state index in [1.807, 2.05) is 30.3 Å². The first kappa shape index (κ1) is 16.5. The Morgan fingerprint density at radius 1 is 1.12 bits per heavy atom. The van der Waals surface area contributed by atoms with E-state index in [0.29, 0.717) is 11.8 Å². The number of halogens is 1. The highest BCUT2D eigenvalue weighted by atomic mass is 35.5. The second-order valence-electron chi connectivity index (χ2n) is 7.14. The molecule has 0 atom stereocenters. The van der Waals surface area contributed by atoms with Crippen LogP contribution in [-0.4, -0.2) is 33.9 Å². The molecule has 4 rings (SSSR count). The Morgan fingerprint density at radius 2 is 1.84 bits per heavy atom. The van der Waals surface area contributed by atoms with Gasteiger partial charge in [-0.25, -0.2) is 9.97 Å². The van der Waals surface area contributed by atoms with Gasteiger partial charge in [0.1, 0.15) is 6.33 Å². The van der Waals surface area contributed by atoms with Gasteiger partial charge in [0.15, 0.2) is 0 Å². The molecule has 0 radical (unpaired) electrons. The molecule has 1 aromatic heterocycles. The van der Waals surface area contributed by atoms with Crippen molar-refractivity contribution in [3.8, 4) is 0 Å². The van der Waals surface area contributed by atoms with Crippen LogP contribution in [0.15, 0.2) is 42.9 Å². The zero-order valence-corrected chi connectivity index (χ0v) is 15.0. The summed E-state index contributed by atoms with van der Waals surface area (Å²) in [5.41, 5.74) is 1.89. The van der Waals surface area contributed by atoms with Crippen LogP contribution in [0.4, 0.5) is 0 Å². The molecule has 2 aromatic rings. The zero-order valence-electron chi connectivity index (χ0n) is 14.2. The Balaban J connectivity index is 1.47. The van der Waals surface area contributed by atoms with Gasteiger partial charge in [-0.15, -0.1) is 0 Å². The molecule has 1 saturated carbocycles. The molecule has 0 spiro atoms. The van der Waals surface area contributed by atoms with Crippen LogP contribution in [0.2, 0.25) is 5.02 Å². The number of rotatable bonds is 3. The van der Waals surface area contributed by atoms with Crippen molar-refractivity contribution in [2.75, 3.05) is 13.1 Å². The lowest BCUT2D eigenvalue weighted by Gasteiger charge is -2.45. The Hall–Kier alpha value is -1.94. The van der Waals surface area contributed by atoms with Gasteiger partial charge in [0.25, 0.3) is 0 Å². The molecule has 0 bridgehead atoms. The highest BCUT2D eigenvalue weighted by Crippen LogP contribution is 2.46. The molecule has 5 heteroatoms. The maximum atomic E-state index is 13.3. The van der Waals surface area contributed by atoms with Crippen LogP contribution in [0, 0.1) is 0 Å². The summed E-state index contributed by atoms with van der Waals surface area (Å²) in [5.74, 6) is 0.724. The summed E-state index contributed by atoms with van der Waals surface area (Å²) in [4.78, 5) is 23.7. The summed E-state index contributed by atoms with van der Waals surface area (Å²) >= 11 is 6.02. The van der Waals surface area contributed by atoms with E-state index in [4.69, 9.17) is 11.6 Å². The fourth-order valence-corrected chi connectivity index (χ4v) is 4.27. The Labute approximate surface area is 153 Å². The second kappa shape index (κ2) is 6.75. The van der Waals surface area contributed by atoms with Crippen molar-refractivity contribution in [1.29, 1.82) is 0 Å². The minimum absolute atomic E-state index is 0.294. The molecular weight excluding hydrogens is 334 g/mol. The van der Waals surface area contributed by atoms with Crippen molar-refractivity contribution in [3.63, 3.8) is 0 Å². The average molecular weight is 356 g/mol. The predicted octanol–water partition coefficient (Wildman–Crippen LogP) is 3.96. The van der Waals surface area contributed by atoms with E-state index in [-0.39, 0.29) is 5.41 Å². The molecule has 2 heterocycles. The average Bonchev–Trinajstić information content (AvgIpc) is 2.63. The number of hydrogen-bond donors (Lipinski definition) is 0. The molecule has 4 nitrogen and oxygen atoms in total. The summed E-state index contributed by atoms with van der Waals surface area (Å²) in [7, 11) is 0. The smallest absolute Gasteiger partial charge is 0.233 e. The molecule has 1 aliphatic carbocycles. The maximum absolute atomic E-state index is 13.3. The van der Waals surface area contributed by atoms with E-state index in [9.17, 15) is 4.79 Å². The molecule has 1 aliphatic heterocycles. The molecule has 1 saturated heterocycles. The van der Waals surface area contributed by atoms with Gasteiger partial charge in [0, 0.05) is 35.9 Å². The summed E-state index contributed by atoms with van der Waals surface area (Å²) in [6, 6.07) is 9.82. The number of carbonyl (C=O) groups excluding carboxylic acids is 1. The Bertz CT molecular complexity index is 735. The number of aromatic nitrogens is 2. The summed E-state index contributed by atoms with van der Waals surface area (Å²) in [6.45, 7) is 1.62. The standard InChI is InChI=1S/C20H22ClN3O/c21-17-4-2-16(3-5-17)20(9-1-10-20)19(25)24-12-7-15(8-13-24)18-6-11-22-14-23-18/h2-6,11,14-15H,1,7-10,12-13H2. The van der Waals surface area contributed by atoms with Gasteiger partial charge in [-0.05, 0) is 49.4 Å². The van der Waals surface area contributed by atoms with E-state index < -0.39 is 0 Å². The molecule has 2 aliphatic rings. The number of benzene rings is 1. The van der Waals surface area contributed by atoms with Crippen LogP contribution in [0.25, 0.3) is 0 Å². The fraction of sp³-hybridized carbons (Fsp3) is 0.450. The number of carbonyl (C=O) groups is 1. The molecule has 0 unspecified atom stereocenters. The highest BCUT2D eigenvalue weighted by Gasteiger charge is 2.48. The molecule has 130 valence electrons. The lowest BCUT2D eigenvalue weighted by atomic mass is 9.63. The van der Waals surface area contributed by atoms with E-state index in [2.05, 4.69) is 14.9 Å². The van der Waals surface area contributed by atoms with Crippen molar-refractivity contribution in [3.05, 3.63) is 59.1 Å². The van der Waals surface area contributed by atoms with Crippen molar-refractivity contribution in [2.45, 2.75) is 43.4 Å². The third-order valence-electron chi connectivity index (χ3n) is 5.82. The van der Waals surface area contributed by atoms with E-state index >= 15 is 0 Å². The maximum Gasteiger partial charge on any atom is 0.233 e. The van der Waals surface area contributed by atoms with Gasteiger partial charge >= 0.3 is 0 Å². The van der Waals surface area contributed by atoms with Crippen LogP contribution in [0.1, 0.15) is 49.3 Å². The van der Waals surface area contributed by atoms with Crippen LogP contribution in [0.3, 0.4) is 0 Å². The van der Waals surface area contributed by atoms with Gasteiger partial charge in [0.05, 0.1) is 5.41 Å². The molecule has 1 aromatic carbocycles. The monoisotopic (exact) mass is 355 g/mol. The van der Waals surface area contributed by atoms with Crippen LogP contribution < -0.4 is 0 Å². The van der Waals surface area contributed by atoms with Crippen molar-refractivity contribution < 1.29 is 4.79 Å². The lowest BCUT2D eigenvalue weighted by Crippen LogP contribution is -2.52. The van der Waals surface area contributed by atoms with Crippen LogP contribution in [0.5, 0.6) is 0 Å². The number of likely N-dealkylation sites (tertiary alicyclic amines) is 1. The van der Waals surface area contributed by atoms with Crippen molar-refractivity contribution >= 4 is 17.5 Å².